The lowest BCUT2D eigenvalue weighted by atomic mass is 9.84. The molecule has 3 aromatic rings. The highest BCUT2D eigenvalue weighted by Gasteiger charge is 2.21. The van der Waals surface area contributed by atoms with Gasteiger partial charge in [-0.25, -0.2) is 0 Å². The van der Waals surface area contributed by atoms with Crippen LogP contribution in [0.1, 0.15) is 41.6 Å². The van der Waals surface area contributed by atoms with Crippen molar-refractivity contribution >= 4 is 5.57 Å². The van der Waals surface area contributed by atoms with Crippen molar-refractivity contribution in [1.29, 1.82) is 0 Å². The normalized spacial score (nSPS) is 14.4. The average molecular weight is 355 g/mol. The molecule has 27 heavy (non-hydrogen) atoms. The van der Waals surface area contributed by atoms with Gasteiger partial charge < -0.3 is 10.1 Å². The third-order valence-corrected chi connectivity index (χ3v) is 5.28. The second-order valence-electron chi connectivity index (χ2n) is 7.02. The second kappa shape index (κ2) is 7.71. The highest BCUT2D eigenvalue weighted by molar-refractivity contribution is 5.85. The molecule has 1 aliphatic carbocycles. The molecule has 4 rings (SSSR count). The fourth-order valence-corrected chi connectivity index (χ4v) is 3.87. The van der Waals surface area contributed by atoms with Crippen molar-refractivity contribution in [2.45, 2.75) is 25.8 Å². The molecule has 1 N–H and O–H groups in total. The van der Waals surface area contributed by atoms with E-state index in [1.807, 2.05) is 6.07 Å². The molecule has 2 nitrogen and oxygen atoms in total. The first-order valence-electron chi connectivity index (χ1n) is 9.53. The lowest BCUT2D eigenvalue weighted by Gasteiger charge is -2.28. The van der Waals surface area contributed by atoms with Crippen molar-refractivity contribution in [3.05, 3.63) is 107 Å². The first-order chi connectivity index (χ1) is 13.3. The molecule has 0 amide bonds. The second-order valence-corrected chi connectivity index (χ2v) is 7.02. The van der Waals surface area contributed by atoms with Crippen molar-refractivity contribution in [3.8, 4) is 5.75 Å². The van der Waals surface area contributed by atoms with Gasteiger partial charge in [0.15, 0.2) is 0 Å². The van der Waals surface area contributed by atoms with Gasteiger partial charge in [0.2, 0.25) is 0 Å². The van der Waals surface area contributed by atoms with Crippen LogP contribution in [0.2, 0.25) is 0 Å². The van der Waals surface area contributed by atoms with Crippen LogP contribution in [0.4, 0.5) is 0 Å². The molecular formula is C25H25NO. The van der Waals surface area contributed by atoms with E-state index in [0.29, 0.717) is 0 Å². The van der Waals surface area contributed by atoms with Crippen molar-refractivity contribution in [2.24, 2.45) is 0 Å². The summed E-state index contributed by atoms with van der Waals surface area (Å²) in [6, 6.07) is 28.0. The van der Waals surface area contributed by atoms with E-state index >= 15 is 0 Å². The largest absolute Gasteiger partial charge is 0.497 e. The van der Waals surface area contributed by atoms with Crippen molar-refractivity contribution in [2.75, 3.05) is 7.11 Å². The van der Waals surface area contributed by atoms with Crippen LogP contribution >= 0.6 is 0 Å². The smallest absolute Gasteiger partial charge is 0.119 e. The molecule has 0 saturated carbocycles. The van der Waals surface area contributed by atoms with Gasteiger partial charge in [-0.1, -0.05) is 66.7 Å². The molecule has 0 bridgehead atoms. The van der Waals surface area contributed by atoms with Gasteiger partial charge in [0.1, 0.15) is 5.75 Å². The highest BCUT2D eigenvalue weighted by atomic mass is 16.5. The lowest BCUT2D eigenvalue weighted by molar-refractivity contribution is 0.414. The number of aryl methyl sites for hydroxylation is 1. The maximum Gasteiger partial charge on any atom is 0.119 e. The maximum absolute atomic E-state index is 5.48. The third kappa shape index (κ3) is 3.61. The zero-order valence-corrected chi connectivity index (χ0v) is 15.9. The van der Waals surface area contributed by atoms with Crippen molar-refractivity contribution < 1.29 is 4.74 Å². The molecule has 0 spiro atoms. The Hall–Kier alpha value is -3.00. The summed E-state index contributed by atoms with van der Waals surface area (Å²) in [5, 5.41) is 3.80. The van der Waals surface area contributed by atoms with Crippen LogP contribution in [0.15, 0.2) is 84.6 Å². The Labute approximate surface area is 161 Å². The number of methoxy groups -OCH3 is 1. The number of nitrogens with one attached hydrogen (secondary N) is 1. The standard InChI is InChI=1S/C25H25NO/c1-18(19-9-4-3-5-10-19)26-24-16-15-20-11-6-7-14-23(20)25(24)21-12-8-13-22(17-21)27-2/h3-14,17-18,26H,15-16H2,1-2H3/t18-/m0/s1. The number of hydrogen-bond donors (Lipinski definition) is 1. The molecule has 2 heteroatoms. The predicted octanol–water partition coefficient (Wildman–Crippen LogP) is 5.75. The number of fused-ring (bicyclic) bond motifs is 1. The summed E-state index contributed by atoms with van der Waals surface area (Å²) in [6.07, 6.45) is 2.08. The zero-order valence-electron chi connectivity index (χ0n) is 15.9. The molecule has 0 aromatic heterocycles. The Morgan fingerprint density at radius 1 is 0.852 bits per heavy atom. The van der Waals surface area contributed by atoms with Crippen LogP contribution in [0.3, 0.4) is 0 Å². The van der Waals surface area contributed by atoms with E-state index in [1.165, 1.54) is 33.5 Å². The predicted molar refractivity (Wildman–Crippen MR) is 112 cm³/mol. The topological polar surface area (TPSA) is 21.3 Å². The first-order valence-corrected chi connectivity index (χ1v) is 9.53. The van der Waals surface area contributed by atoms with Gasteiger partial charge in [0.05, 0.1) is 7.11 Å². The molecule has 0 saturated heterocycles. The van der Waals surface area contributed by atoms with E-state index < -0.39 is 0 Å². The van der Waals surface area contributed by atoms with E-state index in [9.17, 15) is 0 Å². The van der Waals surface area contributed by atoms with Crippen LogP contribution in [0.25, 0.3) is 5.57 Å². The Morgan fingerprint density at radius 2 is 1.63 bits per heavy atom. The molecule has 0 fully saturated rings. The van der Waals surface area contributed by atoms with Crippen molar-refractivity contribution in [3.63, 3.8) is 0 Å². The Kier molecular flexibility index (Phi) is 4.97. The number of allylic oxidation sites excluding steroid dienone is 1. The summed E-state index contributed by atoms with van der Waals surface area (Å²) in [5.74, 6) is 0.888. The third-order valence-electron chi connectivity index (χ3n) is 5.28. The van der Waals surface area contributed by atoms with Gasteiger partial charge in [-0.05, 0) is 54.2 Å². The highest BCUT2D eigenvalue weighted by Crippen LogP contribution is 2.37. The lowest BCUT2D eigenvalue weighted by Crippen LogP contribution is -2.22. The molecule has 0 unspecified atom stereocenters. The minimum Gasteiger partial charge on any atom is -0.497 e. The van der Waals surface area contributed by atoms with Gasteiger partial charge in [-0.15, -0.1) is 0 Å². The van der Waals surface area contributed by atoms with Gasteiger partial charge in [-0.2, -0.15) is 0 Å². The van der Waals surface area contributed by atoms with E-state index in [-0.39, 0.29) is 6.04 Å². The Balaban J connectivity index is 1.80. The average Bonchev–Trinajstić information content (AvgIpc) is 2.74. The summed E-state index contributed by atoms with van der Waals surface area (Å²) in [5.41, 5.74) is 7.82. The number of hydrogen-bond acceptors (Lipinski definition) is 2. The Bertz CT molecular complexity index is 959. The fraction of sp³-hybridized carbons (Fsp3) is 0.200. The molecule has 0 aliphatic heterocycles. The molecule has 136 valence electrons. The van der Waals surface area contributed by atoms with Crippen LogP contribution < -0.4 is 10.1 Å². The monoisotopic (exact) mass is 355 g/mol. The SMILES string of the molecule is COc1cccc(C2=C(N[C@@H](C)c3ccccc3)CCc3ccccc32)c1. The van der Waals surface area contributed by atoms with Crippen LogP contribution in [-0.2, 0) is 6.42 Å². The number of rotatable bonds is 5. The summed E-state index contributed by atoms with van der Waals surface area (Å²) >= 11 is 0. The molecule has 1 aliphatic rings. The van der Waals surface area contributed by atoms with Crippen LogP contribution in [0.5, 0.6) is 5.75 Å². The van der Waals surface area contributed by atoms with E-state index in [2.05, 4.69) is 85.0 Å². The van der Waals surface area contributed by atoms with Gasteiger partial charge >= 0.3 is 0 Å². The minimum absolute atomic E-state index is 0.257. The number of benzene rings is 3. The van der Waals surface area contributed by atoms with Crippen LogP contribution in [0, 0.1) is 0 Å². The van der Waals surface area contributed by atoms with E-state index in [4.69, 9.17) is 4.74 Å². The van der Waals surface area contributed by atoms with Gasteiger partial charge in [-0.3, -0.25) is 0 Å². The minimum atomic E-state index is 0.257. The molecular weight excluding hydrogens is 330 g/mol. The van der Waals surface area contributed by atoms with Gasteiger partial charge in [0, 0.05) is 17.3 Å². The quantitative estimate of drug-likeness (QED) is 0.629. The summed E-state index contributed by atoms with van der Waals surface area (Å²) in [6.45, 7) is 2.23. The zero-order chi connectivity index (χ0) is 18.6. The number of ether oxygens (including phenoxy) is 1. The van der Waals surface area contributed by atoms with E-state index in [0.717, 1.165) is 18.6 Å². The fourth-order valence-electron chi connectivity index (χ4n) is 3.87. The molecule has 3 aromatic carbocycles. The summed E-state index contributed by atoms with van der Waals surface area (Å²) < 4.78 is 5.48. The first kappa shape index (κ1) is 17.4. The molecule has 0 radical (unpaired) electrons. The summed E-state index contributed by atoms with van der Waals surface area (Å²) in [4.78, 5) is 0. The summed E-state index contributed by atoms with van der Waals surface area (Å²) in [7, 11) is 1.72. The van der Waals surface area contributed by atoms with Crippen LogP contribution in [-0.4, -0.2) is 7.11 Å². The van der Waals surface area contributed by atoms with Gasteiger partial charge in [0.25, 0.3) is 0 Å². The molecule has 0 heterocycles. The van der Waals surface area contributed by atoms with E-state index in [1.54, 1.807) is 7.11 Å². The molecule has 1 atom stereocenters. The Morgan fingerprint density at radius 3 is 2.44 bits per heavy atom. The maximum atomic E-state index is 5.48. The van der Waals surface area contributed by atoms with Crippen molar-refractivity contribution in [1.82, 2.24) is 5.32 Å².